The van der Waals surface area contributed by atoms with Crippen LogP contribution in [0.1, 0.15) is 43.9 Å². The minimum atomic E-state index is -0.211. The SMILES string of the molecule is CCCC(OC(C)=O)c1ccccc1C. The van der Waals surface area contributed by atoms with Gasteiger partial charge in [-0.25, -0.2) is 0 Å². The fraction of sp³-hybridized carbons (Fsp3) is 0.462. The summed E-state index contributed by atoms with van der Waals surface area (Å²) in [6.07, 6.45) is 1.80. The van der Waals surface area contributed by atoms with E-state index in [9.17, 15) is 4.79 Å². The predicted molar refractivity (Wildman–Crippen MR) is 60.6 cm³/mol. The zero-order valence-corrected chi connectivity index (χ0v) is 9.62. The van der Waals surface area contributed by atoms with Crippen molar-refractivity contribution in [3.63, 3.8) is 0 Å². The van der Waals surface area contributed by atoms with Crippen LogP contribution in [-0.4, -0.2) is 5.97 Å². The molecule has 2 heteroatoms. The number of ether oxygens (including phenoxy) is 1. The van der Waals surface area contributed by atoms with Crippen molar-refractivity contribution < 1.29 is 9.53 Å². The summed E-state index contributed by atoms with van der Waals surface area (Å²) in [5, 5.41) is 0. The van der Waals surface area contributed by atoms with Gasteiger partial charge in [-0.05, 0) is 24.5 Å². The molecule has 0 aliphatic carbocycles. The molecular formula is C13H18O2. The van der Waals surface area contributed by atoms with Gasteiger partial charge >= 0.3 is 5.97 Å². The van der Waals surface area contributed by atoms with E-state index < -0.39 is 0 Å². The highest BCUT2D eigenvalue weighted by Crippen LogP contribution is 2.25. The van der Waals surface area contributed by atoms with Crippen molar-refractivity contribution in [2.24, 2.45) is 0 Å². The maximum atomic E-state index is 11.0. The normalized spacial score (nSPS) is 12.2. The lowest BCUT2D eigenvalue weighted by Crippen LogP contribution is -2.09. The van der Waals surface area contributed by atoms with E-state index >= 15 is 0 Å². The zero-order chi connectivity index (χ0) is 11.3. The highest BCUT2D eigenvalue weighted by atomic mass is 16.5. The number of esters is 1. The molecule has 0 aromatic heterocycles. The van der Waals surface area contributed by atoms with Crippen LogP contribution in [0.15, 0.2) is 24.3 Å². The van der Waals surface area contributed by atoms with Crippen molar-refractivity contribution in [1.82, 2.24) is 0 Å². The molecule has 0 heterocycles. The number of carbonyl (C=O) groups is 1. The molecule has 82 valence electrons. The third-order valence-corrected chi connectivity index (χ3v) is 2.39. The predicted octanol–water partition coefficient (Wildman–Crippen LogP) is 3.40. The van der Waals surface area contributed by atoms with Crippen molar-refractivity contribution in [3.05, 3.63) is 35.4 Å². The van der Waals surface area contributed by atoms with Crippen molar-refractivity contribution in [1.29, 1.82) is 0 Å². The number of aryl methyl sites for hydroxylation is 1. The van der Waals surface area contributed by atoms with Gasteiger partial charge in [0.05, 0.1) is 0 Å². The van der Waals surface area contributed by atoms with Gasteiger partial charge in [-0.2, -0.15) is 0 Å². The smallest absolute Gasteiger partial charge is 0.303 e. The molecule has 0 radical (unpaired) electrons. The van der Waals surface area contributed by atoms with Crippen LogP contribution >= 0.6 is 0 Å². The van der Waals surface area contributed by atoms with E-state index in [-0.39, 0.29) is 12.1 Å². The van der Waals surface area contributed by atoms with Gasteiger partial charge in [0, 0.05) is 6.92 Å². The van der Waals surface area contributed by atoms with Crippen LogP contribution in [0.4, 0.5) is 0 Å². The number of hydrogen-bond acceptors (Lipinski definition) is 2. The Morgan fingerprint density at radius 3 is 2.60 bits per heavy atom. The first-order valence-electron chi connectivity index (χ1n) is 5.38. The fourth-order valence-corrected chi connectivity index (χ4v) is 1.69. The minimum Gasteiger partial charge on any atom is -0.458 e. The molecule has 15 heavy (non-hydrogen) atoms. The van der Waals surface area contributed by atoms with Crippen LogP contribution in [0.5, 0.6) is 0 Å². The molecular weight excluding hydrogens is 188 g/mol. The van der Waals surface area contributed by atoms with Crippen molar-refractivity contribution in [2.45, 2.75) is 39.7 Å². The van der Waals surface area contributed by atoms with Gasteiger partial charge in [0.25, 0.3) is 0 Å². The van der Waals surface area contributed by atoms with Crippen LogP contribution in [0.25, 0.3) is 0 Å². The summed E-state index contributed by atoms with van der Waals surface area (Å²) in [7, 11) is 0. The van der Waals surface area contributed by atoms with Crippen molar-refractivity contribution in [2.75, 3.05) is 0 Å². The Morgan fingerprint density at radius 2 is 2.07 bits per heavy atom. The van der Waals surface area contributed by atoms with E-state index in [1.807, 2.05) is 31.2 Å². The molecule has 0 spiro atoms. The third kappa shape index (κ3) is 3.39. The Hall–Kier alpha value is -1.31. The Morgan fingerprint density at radius 1 is 1.40 bits per heavy atom. The molecule has 0 N–H and O–H groups in total. The molecule has 0 aliphatic heterocycles. The van der Waals surface area contributed by atoms with Crippen molar-refractivity contribution >= 4 is 5.97 Å². The average Bonchev–Trinajstić information content (AvgIpc) is 2.17. The van der Waals surface area contributed by atoms with Gasteiger partial charge in [0.1, 0.15) is 6.10 Å². The summed E-state index contributed by atoms with van der Waals surface area (Å²) in [6.45, 7) is 5.59. The summed E-state index contributed by atoms with van der Waals surface area (Å²) < 4.78 is 5.32. The second-order valence-electron chi connectivity index (χ2n) is 3.74. The summed E-state index contributed by atoms with van der Waals surface area (Å²) in [6, 6.07) is 8.05. The Labute approximate surface area is 91.3 Å². The maximum absolute atomic E-state index is 11.0. The third-order valence-electron chi connectivity index (χ3n) is 2.39. The Kier molecular flexibility index (Phi) is 4.35. The molecule has 1 atom stereocenters. The molecule has 0 aliphatic rings. The van der Waals surface area contributed by atoms with E-state index in [1.165, 1.54) is 12.5 Å². The van der Waals surface area contributed by atoms with Crippen LogP contribution in [-0.2, 0) is 9.53 Å². The van der Waals surface area contributed by atoms with Gasteiger partial charge in [-0.3, -0.25) is 4.79 Å². The van der Waals surface area contributed by atoms with Gasteiger partial charge in [0.2, 0.25) is 0 Å². The van der Waals surface area contributed by atoms with Crippen LogP contribution < -0.4 is 0 Å². The topological polar surface area (TPSA) is 26.3 Å². The number of hydrogen-bond donors (Lipinski definition) is 0. The van der Waals surface area contributed by atoms with E-state index in [1.54, 1.807) is 0 Å². The van der Waals surface area contributed by atoms with E-state index in [4.69, 9.17) is 4.74 Å². The monoisotopic (exact) mass is 206 g/mol. The number of rotatable bonds is 4. The summed E-state index contributed by atoms with van der Waals surface area (Å²) in [5.74, 6) is -0.211. The second kappa shape index (κ2) is 5.54. The van der Waals surface area contributed by atoms with Gasteiger partial charge in [-0.1, -0.05) is 37.6 Å². The van der Waals surface area contributed by atoms with E-state index in [0.717, 1.165) is 18.4 Å². The summed E-state index contributed by atoms with van der Waals surface area (Å²) >= 11 is 0. The molecule has 1 aromatic carbocycles. The largest absolute Gasteiger partial charge is 0.458 e. The Balaban J connectivity index is 2.88. The standard InChI is InChI=1S/C13H18O2/c1-4-7-13(15-11(3)14)12-9-6-5-8-10(12)2/h5-6,8-9,13H,4,7H2,1-3H3. The molecule has 1 rings (SSSR count). The molecule has 0 bridgehead atoms. The maximum Gasteiger partial charge on any atom is 0.303 e. The van der Waals surface area contributed by atoms with Crippen LogP contribution in [0, 0.1) is 6.92 Å². The molecule has 0 saturated carbocycles. The highest BCUT2D eigenvalue weighted by molar-refractivity contribution is 5.66. The van der Waals surface area contributed by atoms with E-state index in [0.29, 0.717) is 0 Å². The highest BCUT2D eigenvalue weighted by Gasteiger charge is 2.15. The van der Waals surface area contributed by atoms with Crippen LogP contribution in [0.3, 0.4) is 0 Å². The lowest BCUT2D eigenvalue weighted by molar-refractivity contribution is -0.147. The number of benzene rings is 1. The lowest BCUT2D eigenvalue weighted by atomic mass is 10.0. The minimum absolute atomic E-state index is 0.0892. The summed E-state index contributed by atoms with van der Waals surface area (Å²) in [5.41, 5.74) is 2.30. The summed E-state index contributed by atoms with van der Waals surface area (Å²) in [4.78, 5) is 11.0. The quantitative estimate of drug-likeness (QED) is 0.706. The zero-order valence-electron chi connectivity index (χ0n) is 9.62. The first kappa shape index (κ1) is 11.8. The number of carbonyl (C=O) groups excluding carboxylic acids is 1. The molecule has 2 nitrogen and oxygen atoms in total. The average molecular weight is 206 g/mol. The van der Waals surface area contributed by atoms with Gasteiger partial charge < -0.3 is 4.74 Å². The lowest BCUT2D eigenvalue weighted by Gasteiger charge is -2.18. The molecule has 0 amide bonds. The van der Waals surface area contributed by atoms with Gasteiger partial charge in [-0.15, -0.1) is 0 Å². The first-order chi connectivity index (χ1) is 7.15. The molecule has 0 saturated heterocycles. The Bertz CT molecular complexity index is 331. The molecule has 1 unspecified atom stereocenters. The van der Waals surface area contributed by atoms with Crippen LogP contribution in [0.2, 0.25) is 0 Å². The first-order valence-corrected chi connectivity index (χ1v) is 5.38. The molecule has 1 aromatic rings. The second-order valence-corrected chi connectivity index (χ2v) is 3.74. The van der Waals surface area contributed by atoms with Gasteiger partial charge in [0.15, 0.2) is 0 Å². The fourth-order valence-electron chi connectivity index (χ4n) is 1.69. The van der Waals surface area contributed by atoms with Crippen molar-refractivity contribution in [3.8, 4) is 0 Å². The molecule has 0 fully saturated rings. The van der Waals surface area contributed by atoms with E-state index in [2.05, 4.69) is 6.92 Å².